The highest BCUT2D eigenvalue weighted by Crippen LogP contribution is 2.48. The molecule has 8 heteroatoms. The van der Waals surface area contributed by atoms with E-state index < -0.39 is 11.4 Å². The molecule has 2 aromatic rings. The zero-order chi connectivity index (χ0) is 18.7. The Morgan fingerprint density at radius 2 is 1.96 bits per heavy atom. The highest BCUT2D eigenvalue weighted by molar-refractivity contribution is 8.00. The molecular formula is C19H22Cl2N2O3S. The van der Waals surface area contributed by atoms with Gasteiger partial charge in [0.05, 0.1) is 28.0 Å². The molecule has 2 atom stereocenters. The van der Waals surface area contributed by atoms with Crippen LogP contribution < -0.4 is 15.0 Å². The lowest BCUT2D eigenvalue weighted by Crippen LogP contribution is -2.43. The predicted octanol–water partition coefficient (Wildman–Crippen LogP) is 3.53. The molecule has 2 aromatic carbocycles. The maximum atomic E-state index is 13.0. The van der Waals surface area contributed by atoms with Crippen molar-refractivity contribution in [3.63, 3.8) is 0 Å². The number of benzene rings is 2. The smallest absolute Gasteiger partial charge is 0.257 e. The molecule has 0 saturated carbocycles. The normalized spacial score (nSPS) is 19.1. The van der Waals surface area contributed by atoms with Gasteiger partial charge in [0.25, 0.3) is 5.91 Å². The average molecular weight is 429 g/mol. The van der Waals surface area contributed by atoms with Crippen molar-refractivity contribution in [2.75, 3.05) is 32.1 Å². The zero-order valence-corrected chi connectivity index (χ0v) is 17.4. The Morgan fingerprint density at radius 1 is 1.26 bits per heavy atom. The number of likely N-dealkylation sites (N-methyl/N-ethyl adjacent to an activating group) is 1. The molecule has 1 aliphatic rings. The van der Waals surface area contributed by atoms with Gasteiger partial charge in [0, 0.05) is 13.1 Å². The van der Waals surface area contributed by atoms with Gasteiger partial charge in [0.2, 0.25) is 0 Å². The number of nitrogens with zero attached hydrogens (tertiary/aromatic N) is 1. The molecule has 1 heterocycles. The summed E-state index contributed by atoms with van der Waals surface area (Å²) in [6.07, 6.45) is -1.17. The summed E-state index contributed by atoms with van der Waals surface area (Å²) in [6, 6.07) is 12.9. The molecule has 2 N–H and O–H groups in total. The number of aliphatic hydroxyl groups is 1. The summed E-state index contributed by atoms with van der Waals surface area (Å²) in [6.45, 7) is 1.07. The van der Waals surface area contributed by atoms with E-state index >= 15 is 0 Å². The van der Waals surface area contributed by atoms with E-state index in [4.69, 9.17) is 16.3 Å². The Kier molecular flexibility index (Phi) is 7.82. The van der Waals surface area contributed by atoms with Gasteiger partial charge in [-0.05, 0) is 36.9 Å². The number of aliphatic hydroxyl groups excluding tert-OH is 1. The van der Waals surface area contributed by atoms with Crippen LogP contribution in [0.25, 0.3) is 0 Å². The number of carbonyl (C=O) groups excluding carboxylic acids is 1. The highest BCUT2D eigenvalue weighted by Gasteiger charge is 2.37. The van der Waals surface area contributed by atoms with Gasteiger partial charge in [-0.2, -0.15) is 0 Å². The molecule has 0 radical (unpaired) electrons. The van der Waals surface area contributed by atoms with Crippen LogP contribution in [-0.2, 0) is 4.79 Å². The van der Waals surface area contributed by atoms with Crippen LogP contribution in [0.2, 0.25) is 5.02 Å². The summed E-state index contributed by atoms with van der Waals surface area (Å²) in [5.74, 6) is 0.400. The van der Waals surface area contributed by atoms with E-state index in [1.165, 1.54) is 11.8 Å². The molecule has 2 unspecified atom stereocenters. The van der Waals surface area contributed by atoms with Gasteiger partial charge in [-0.25, -0.2) is 0 Å². The third-order valence-corrected chi connectivity index (χ3v) is 6.19. The van der Waals surface area contributed by atoms with Gasteiger partial charge >= 0.3 is 0 Å². The molecule has 0 bridgehead atoms. The Bertz CT molecular complexity index is 789. The van der Waals surface area contributed by atoms with Crippen molar-refractivity contribution in [3.8, 4) is 5.75 Å². The molecule has 1 aliphatic heterocycles. The van der Waals surface area contributed by atoms with Crippen LogP contribution in [0.15, 0.2) is 47.4 Å². The number of hydrogen-bond donors (Lipinski definition) is 2. The quantitative estimate of drug-likeness (QED) is 0.762. The second-order valence-electron chi connectivity index (χ2n) is 5.94. The minimum Gasteiger partial charge on any atom is -0.497 e. The lowest BCUT2D eigenvalue weighted by molar-refractivity contribution is -0.126. The van der Waals surface area contributed by atoms with E-state index in [1.807, 2.05) is 43.4 Å². The first-order valence-corrected chi connectivity index (χ1v) is 9.55. The molecule has 0 spiro atoms. The number of rotatable bonds is 5. The van der Waals surface area contributed by atoms with Gasteiger partial charge < -0.3 is 20.1 Å². The number of halogens is 2. The van der Waals surface area contributed by atoms with Gasteiger partial charge in [0.15, 0.2) is 0 Å². The number of carbonyl (C=O) groups is 1. The van der Waals surface area contributed by atoms with Crippen molar-refractivity contribution in [2.24, 2.45) is 0 Å². The first-order chi connectivity index (χ1) is 12.6. The van der Waals surface area contributed by atoms with Crippen LogP contribution in [0, 0.1) is 0 Å². The van der Waals surface area contributed by atoms with Crippen molar-refractivity contribution in [3.05, 3.63) is 53.1 Å². The topological polar surface area (TPSA) is 61.8 Å². The Morgan fingerprint density at radius 3 is 2.59 bits per heavy atom. The molecule has 1 amide bonds. The van der Waals surface area contributed by atoms with Crippen LogP contribution in [0.4, 0.5) is 5.69 Å². The molecule has 27 heavy (non-hydrogen) atoms. The summed E-state index contributed by atoms with van der Waals surface area (Å²) in [5, 5.41) is 14.0. The number of methoxy groups -OCH3 is 1. The largest absolute Gasteiger partial charge is 0.497 e. The van der Waals surface area contributed by atoms with Gasteiger partial charge in [-0.1, -0.05) is 29.8 Å². The standard InChI is InChI=1S/C19H21ClN2O3S.ClH/c1-21-10-11-22-15-5-3-4-14(20)18(15)26-17(16(23)19(22)24)12-6-8-13(25-2)9-7-12;/h3-9,16-17,21,23H,10-11H2,1-2H3;1H. The Balaban J connectivity index is 0.00000261. The van der Waals surface area contributed by atoms with Crippen molar-refractivity contribution in [1.29, 1.82) is 0 Å². The van der Waals surface area contributed by atoms with Crippen molar-refractivity contribution >= 4 is 47.4 Å². The summed E-state index contributed by atoms with van der Waals surface area (Å²) in [7, 11) is 3.43. The van der Waals surface area contributed by atoms with Crippen LogP contribution >= 0.6 is 35.8 Å². The van der Waals surface area contributed by atoms with Crippen LogP contribution in [-0.4, -0.2) is 44.4 Å². The molecule has 5 nitrogen and oxygen atoms in total. The van der Waals surface area contributed by atoms with E-state index in [0.29, 0.717) is 18.1 Å². The van der Waals surface area contributed by atoms with Crippen LogP contribution in [0.3, 0.4) is 0 Å². The number of thioether (sulfide) groups is 1. The van der Waals surface area contributed by atoms with Crippen molar-refractivity contribution < 1.29 is 14.6 Å². The fourth-order valence-corrected chi connectivity index (χ4v) is 4.50. The zero-order valence-electron chi connectivity index (χ0n) is 15.0. The number of amides is 1. The summed E-state index contributed by atoms with van der Waals surface area (Å²) >= 11 is 7.85. The monoisotopic (exact) mass is 428 g/mol. The molecule has 146 valence electrons. The maximum Gasteiger partial charge on any atom is 0.257 e. The van der Waals surface area contributed by atoms with Crippen LogP contribution in [0.1, 0.15) is 10.8 Å². The van der Waals surface area contributed by atoms with Gasteiger partial charge in [-0.15, -0.1) is 24.2 Å². The fourth-order valence-electron chi connectivity index (χ4n) is 2.92. The van der Waals surface area contributed by atoms with Gasteiger partial charge in [0.1, 0.15) is 11.9 Å². The number of fused-ring (bicyclic) bond motifs is 1. The third-order valence-electron chi connectivity index (χ3n) is 4.32. The molecule has 0 saturated heterocycles. The second-order valence-corrected chi connectivity index (χ2v) is 7.50. The van der Waals surface area contributed by atoms with Crippen molar-refractivity contribution in [1.82, 2.24) is 5.32 Å². The SMILES string of the molecule is CNCCN1C(=O)C(O)C(c2ccc(OC)cc2)Sc2c(Cl)cccc21.Cl. The number of anilines is 1. The predicted molar refractivity (Wildman–Crippen MR) is 113 cm³/mol. The lowest BCUT2D eigenvalue weighted by Gasteiger charge is -2.25. The van der Waals surface area contributed by atoms with E-state index in [2.05, 4.69) is 5.32 Å². The number of nitrogens with one attached hydrogen (secondary N) is 1. The van der Waals surface area contributed by atoms with E-state index in [-0.39, 0.29) is 18.3 Å². The Hall–Kier alpha value is -1.44. The minimum atomic E-state index is -1.17. The van der Waals surface area contributed by atoms with Gasteiger partial charge in [-0.3, -0.25) is 4.79 Å². The fraction of sp³-hybridized carbons (Fsp3) is 0.316. The first kappa shape index (κ1) is 21.9. The molecule has 0 aromatic heterocycles. The molecule has 0 aliphatic carbocycles. The van der Waals surface area contributed by atoms with E-state index in [0.717, 1.165) is 21.9 Å². The molecular weight excluding hydrogens is 407 g/mol. The third kappa shape index (κ3) is 4.52. The van der Waals surface area contributed by atoms with E-state index in [9.17, 15) is 9.90 Å². The Labute approximate surface area is 174 Å². The van der Waals surface area contributed by atoms with E-state index in [1.54, 1.807) is 18.1 Å². The molecule has 0 fully saturated rings. The summed E-state index contributed by atoms with van der Waals surface area (Å²) < 4.78 is 5.19. The minimum absolute atomic E-state index is 0. The maximum absolute atomic E-state index is 13.0. The first-order valence-electron chi connectivity index (χ1n) is 8.30. The highest BCUT2D eigenvalue weighted by atomic mass is 35.5. The molecule has 3 rings (SSSR count). The number of hydrogen-bond acceptors (Lipinski definition) is 5. The lowest BCUT2D eigenvalue weighted by atomic mass is 10.1. The second kappa shape index (κ2) is 9.66. The number of ether oxygens (including phenoxy) is 1. The average Bonchev–Trinajstić information content (AvgIpc) is 2.77. The summed E-state index contributed by atoms with van der Waals surface area (Å²) in [4.78, 5) is 15.4. The summed E-state index contributed by atoms with van der Waals surface area (Å²) in [5.41, 5.74) is 1.58. The van der Waals surface area contributed by atoms with Crippen molar-refractivity contribution in [2.45, 2.75) is 16.2 Å². The van der Waals surface area contributed by atoms with Crippen LogP contribution in [0.5, 0.6) is 5.75 Å².